The number of hydrogen-bond acceptors (Lipinski definition) is 2. The second-order valence-electron chi connectivity index (χ2n) is 2.97. The Labute approximate surface area is 79.4 Å². The number of rotatable bonds is 4. The van der Waals surface area contributed by atoms with Gasteiger partial charge in [0.15, 0.2) is 5.78 Å². The molecular weight excluding hydrogens is 204 g/mol. The SMILES string of the molecule is CC(C)(NC(=O)C(F)F)C(=O)CCl. The molecule has 0 aromatic heterocycles. The number of alkyl halides is 3. The quantitative estimate of drug-likeness (QED) is 0.707. The van der Waals surface area contributed by atoms with Gasteiger partial charge >= 0.3 is 6.43 Å². The van der Waals surface area contributed by atoms with Crippen LogP contribution < -0.4 is 5.32 Å². The predicted octanol–water partition coefficient (Wildman–Crippen LogP) is 0.954. The van der Waals surface area contributed by atoms with Crippen LogP contribution in [0.2, 0.25) is 0 Å². The molecule has 0 saturated heterocycles. The lowest BCUT2D eigenvalue weighted by Gasteiger charge is -2.23. The van der Waals surface area contributed by atoms with Crippen molar-refractivity contribution < 1.29 is 18.4 Å². The highest BCUT2D eigenvalue weighted by Gasteiger charge is 2.31. The van der Waals surface area contributed by atoms with Crippen molar-refractivity contribution >= 4 is 23.3 Å². The van der Waals surface area contributed by atoms with Crippen molar-refractivity contribution in [3.63, 3.8) is 0 Å². The summed E-state index contributed by atoms with van der Waals surface area (Å²) in [4.78, 5) is 21.5. The molecule has 0 atom stereocenters. The summed E-state index contributed by atoms with van der Waals surface area (Å²) in [6.45, 7) is 2.63. The Kier molecular flexibility index (Phi) is 4.26. The van der Waals surface area contributed by atoms with Crippen LogP contribution >= 0.6 is 11.6 Å². The minimum Gasteiger partial charge on any atom is -0.339 e. The van der Waals surface area contributed by atoms with E-state index >= 15 is 0 Å². The Bertz CT molecular complexity index is 219. The van der Waals surface area contributed by atoms with Gasteiger partial charge in [-0.1, -0.05) is 0 Å². The van der Waals surface area contributed by atoms with Crippen molar-refractivity contribution in [3.8, 4) is 0 Å². The molecule has 0 radical (unpaired) electrons. The van der Waals surface area contributed by atoms with Crippen LogP contribution in [0.15, 0.2) is 0 Å². The highest BCUT2D eigenvalue weighted by atomic mass is 35.5. The molecule has 0 fully saturated rings. The van der Waals surface area contributed by atoms with Gasteiger partial charge in [0.2, 0.25) is 0 Å². The van der Waals surface area contributed by atoms with Crippen LogP contribution in [-0.2, 0) is 9.59 Å². The molecule has 0 aliphatic carbocycles. The maximum atomic E-state index is 11.8. The van der Waals surface area contributed by atoms with E-state index < -0.39 is 23.7 Å². The third-order valence-corrected chi connectivity index (χ3v) is 1.70. The fourth-order valence-corrected chi connectivity index (χ4v) is 0.933. The van der Waals surface area contributed by atoms with Crippen molar-refractivity contribution in [3.05, 3.63) is 0 Å². The zero-order chi connectivity index (χ0) is 10.6. The van der Waals surface area contributed by atoms with E-state index in [-0.39, 0.29) is 5.88 Å². The Hall–Kier alpha value is -0.710. The van der Waals surface area contributed by atoms with Gasteiger partial charge in [0, 0.05) is 0 Å². The van der Waals surface area contributed by atoms with Gasteiger partial charge in [0.1, 0.15) is 0 Å². The first-order chi connectivity index (χ1) is 5.81. The summed E-state index contributed by atoms with van der Waals surface area (Å²) in [5.41, 5.74) is -1.34. The van der Waals surface area contributed by atoms with E-state index in [0.717, 1.165) is 0 Å². The van der Waals surface area contributed by atoms with Crippen molar-refractivity contribution in [1.29, 1.82) is 0 Å². The standard InChI is InChI=1S/C7H10ClF2NO2/c1-7(2,4(12)3-8)11-6(13)5(9)10/h5H,3H2,1-2H3,(H,11,13). The molecule has 3 nitrogen and oxygen atoms in total. The van der Waals surface area contributed by atoms with Crippen LogP contribution in [0.5, 0.6) is 0 Å². The third kappa shape index (κ3) is 3.67. The van der Waals surface area contributed by atoms with Gasteiger partial charge in [-0.2, -0.15) is 8.78 Å². The van der Waals surface area contributed by atoms with E-state index in [0.29, 0.717) is 0 Å². The van der Waals surface area contributed by atoms with Gasteiger partial charge in [0.25, 0.3) is 5.91 Å². The summed E-state index contributed by atoms with van der Waals surface area (Å²) in [7, 11) is 0. The number of Topliss-reactive ketones (excluding diaryl/α,β-unsaturated/α-hetero) is 1. The van der Waals surface area contributed by atoms with Gasteiger partial charge in [-0.15, -0.1) is 11.6 Å². The Morgan fingerprint density at radius 2 is 1.92 bits per heavy atom. The van der Waals surface area contributed by atoms with Gasteiger partial charge in [-0.3, -0.25) is 9.59 Å². The van der Waals surface area contributed by atoms with Gasteiger partial charge < -0.3 is 5.32 Å². The second kappa shape index (κ2) is 4.50. The lowest BCUT2D eigenvalue weighted by atomic mass is 10.0. The molecule has 0 saturated carbocycles. The number of hydrogen-bond donors (Lipinski definition) is 1. The Morgan fingerprint density at radius 3 is 2.23 bits per heavy atom. The molecule has 6 heteroatoms. The smallest absolute Gasteiger partial charge is 0.315 e. The minimum absolute atomic E-state index is 0.323. The Balaban J connectivity index is 4.33. The maximum Gasteiger partial charge on any atom is 0.315 e. The first-order valence-corrected chi connectivity index (χ1v) is 4.04. The molecule has 0 bridgehead atoms. The van der Waals surface area contributed by atoms with Crippen molar-refractivity contribution in [2.75, 3.05) is 5.88 Å². The normalized spacial score (nSPS) is 11.5. The van der Waals surface area contributed by atoms with Gasteiger partial charge in [-0.25, -0.2) is 0 Å². The zero-order valence-corrected chi connectivity index (χ0v) is 7.99. The van der Waals surface area contributed by atoms with Crippen LogP contribution in [0.4, 0.5) is 8.78 Å². The monoisotopic (exact) mass is 213 g/mol. The fraction of sp³-hybridized carbons (Fsp3) is 0.714. The summed E-state index contributed by atoms with van der Waals surface area (Å²) >= 11 is 5.21. The molecule has 0 aliphatic rings. The summed E-state index contributed by atoms with van der Waals surface area (Å²) < 4.78 is 23.5. The number of amides is 1. The maximum absolute atomic E-state index is 11.8. The minimum atomic E-state index is -3.12. The molecular formula is C7H10ClF2NO2. The fourth-order valence-electron chi connectivity index (χ4n) is 0.599. The molecule has 1 amide bonds. The highest BCUT2D eigenvalue weighted by molar-refractivity contribution is 6.29. The largest absolute Gasteiger partial charge is 0.339 e. The van der Waals surface area contributed by atoms with E-state index in [1.807, 2.05) is 5.32 Å². The Morgan fingerprint density at radius 1 is 1.46 bits per heavy atom. The van der Waals surface area contributed by atoms with Crippen LogP contribution in [0, 0.1) is 0 Å². The van der Waals surface area contributed by atoms with E-state index in [4.69, 9.17) is 11.6 Å². The number of carbonyl (C=O) groups excluding carboxylic acids is 2. The van der Waals surface area contributed by atoms with Crippen molar-refractivity contribution in [2.45, 2.75) is 25.8 Å². The lowest BCUT2D eigenvalue weighted by molar-refractivity contribution is -0.137. The number of nitrogens with one attached hydrogen (secondary N) is 1. The first-order valence-electron chi connectivity index (χ1n) is 3.50. The topological polar surface area (TPSA) is 46.2 Å². The van der Waals surface area contributed by atoms with Gasteiger partial charge in [0.05, 0.1) is 11.4 Å². The summed E-state index contributed by atoms with van der Waals surface area (Å²) in [6, 6.07) is 0. The molecule has 13 heavy (non-hydrogen) atoms. The average Bonchev–Trinajstić information content (AvgIpc) is 2.01. The van der Waals surface area contributed by atoms with Crippen LogP contribution in [0.3, 0.4) is 0 Å². The molecule has 0 unspecified atom stereocenters. The molecule has 0 aliphatic heterocycles. The molecule has 0 aromatic rings. The van der Waals surface area contributed by atoms with E-state index in [1.54, 1.807) is 0 Å². The number of carbonyl (C=O) groups is 2. The van der Waals surface area contributed by atoms with Crippen molar-refractivity contribution in [2.24, 2.45) is 0 Å². The van der Waals surface area contributed by atoms with Crippen molar-refractivity contribution in [1.82, 2.24) is 5.32 Å². The molecule has 0 aromatic carbocycles. The second-order valence-corrected chi connectivity index (χ2v) is 3.24. The van der Waals surface area contributed by atoms with Crippen LogP contribution in [0.25, 0.3) is 0 Å². The highest BCUT2D eigenvalue weighted by Crippen LogP contribution is 2.06. The molecule has 0 rings (SSSR count). The third-order valence-electron chi connectivity index (χ3n) is 1.45. The molecule has 0 spiro atoms. The summed E-state index contributed by atoms with van der Waals surface area (Å²) in [5.74, 6) is -2.30. The molecule has 1 N–H and O–H groups in total. The first kappa shape index (κ1) is 12.3. The number of halogens is 3. The number of ketones is 1. The zero-order valence-electron chi connectivity index (χ0n) is 7.23. The predicted molar refractivity (Wildman–Crippen MR) is 44.0 cm³/mol. The van der Waals surface area contributed by atoms with Crippen LogP contribution in [-0.4, -0.2) is 29.5 Å². The summed E-state index contributed by atoms with van der Waals surface area (Å²) in [6.07, 6.45) is -3.12. The van der Waals surface area contributed by atoms with E-state index in [1.165, 1.54) is 13.8 Å². The van der Waals surface area contributed by atoms with E-state index in [9.17, 15) is 18.4 Å². The molecule has 76 valence electrons. The lowest BCUT2D eigenvalue weighted by Crippen LogP contribution is -2.52. The summed E-state index contributed by atoms with van der Waals surface area (Å²) in [5, 5.41) is 1.88. The van der Waals surface area contributed by atoms with Crippen LogP contribution in [0.1, 0.15) is 13.8 Å². The average molecular weight is 214 g/mol. The van der Waals surface area contributed by atoms with Gasteiger partial charge in [-0.05, 0) is 13.8 Å². The molecule has 0 heterocycles. The van der Waals surface area contributed by atoms with E-state index in [2.05, 4.69) is 0 Å².